The van der Waals surface area contributed by atoms with Crippen LogP contribution in [0.1, 0.15) is 15.9 Å². The third-order valence-corrected chi connectivity index (χ3v) is 5.37. The topological polar surface area (TPSA) is 64.1 Å². The molecule has 5 nitrogen and oxygen atoms in total. The average Bonchev–Trinajstić information content (AvgIpc) is 3.07. The second-order valence-corrected chi connectivity index (χ2v) is 7.51. The smallest absolute Gasteiger partial charge is 0.210 e. The van der Waals surface area contributed by atoms with Crippen LogP contribution in [0.5, 0.6) is 5.75 Å². The molecule has 0 unspecified atom stereocenters. The van der Waals surface area contributed by atoms with Crippen LogP contribution >= 0.6 is 23.1 Å². The number of aryl methyl sites for hydroxylation is 1. The number of benzene rings is 2. The van der Waals surface area contributed by atoms with Crippen molar-refractivity contribution in [3.8, 4) is 5.75 Å². The van der Waals surface area contributed by atoms with Gasteiger partial charge in [0.1, 0.15) is 5.75 Å². The Morgan fingerprint density at radius 3 is 2.84 bits per heavy atom. The van der Waals surface area contributed by atoms with Gasteiger partial charge >= 0.3 is 0 Å². The van der Waals surface area contributed by atoms with E-state index in [1.54, 1.807) is 19.2 Å². The summed E-state index contributed by atoms with van der Waals surface area (Å²) < 4.78 is 5.90. The predicted molar refractivity (Wildman–Crippen MR) is 102 cm³/mol. The van der Waals surface area contributed by atoms with Gasteiger partial charge in [-0.1, -0.05) is 47.4 Å². The van der Waals surface area contributed by atoms with Crippen molar-refractivity contribution in [3.05, 3.63) is 59.7 Å². The van der Waals surface area contributed by atoms with Crippen molar-refractivity contribution in [3.63, 3.8) is 0 Å². The van der Waals surface area contributed by atoms with Gasteiger partial charge in [-0.25, -0.2) is 0 Å². The second kappa shape index (κ2) is 8.13. The van der Waals surface area contributed by atoms with Gasteiger partial charge in [0.15, 0.2) is 10.1 Å². The van der Waals surface area contributed by atoms with E-state index in [0.717, 1.165) is 10.0 Å². The van der Waals surface area contributed by atoms with Crippen molar-refractivity contribution in [2.24, 2.45) is 0 Å². The van der Waals surface area contributed by atoms with E-state index in [2.05, 4.69) is 15.5 Å². The van der Waals surface area contributed by atoms with Crippen LogP contribution in [0.25, 0.3) is 0 Å². The van der Waals surface area contributed by atoms with Gasteiger partial charge in [-0.05, 0) is 36.8 Å². The summed E-state index contributed by atoms with van der Waals surface area (Å²) in [4.78, 5) is 12.3. The lowest BCUT2D eigenvalue weighted by Crippen LogP contribution is -2.02. The number of nitrogens with zero attached hydrogens (tertiary/aromatic N) is 2. The average molecular weight is 371 g/mol. The number of carbonyl (C=O) groups excluding carboxylic acids is 1. The number of carbonyl (C=O) groups is 1. The molecule has 1 heterocycles. The number of Topliss-reactive ketones (excluding diaryl/α,β-unsaturated/α-hetero) is 1. The molecular weight excluding hydrogens is 354 g/mol. The molecule has 0 fully saturated rings. The fraction of sp³-hybridized carbons (Fsp3) is 0.167. The summed E-state index contributed by atoms with van der Waals surface area (Å²) in [5.41, 5.74) is 2.78. The number of rotatable bonds is 7. The van der Waals surface area contributed by atoms with Gasteiger partial charge in [-0.15, -0.1) is 10.2 Å². The molecule has 0 atom stereocenters. The number of ketones is 1. The summed E-state index contributed by atoms with van der Waals surface area (Å²) in [5.74, 6) is 1.02. The van der Waals surface area contributed by atoms with Crippen molar-refractivity contribution in [2.75, 3.05) is 18.2 Å². The van der Waals surface area contributed by atoms with Crippen molar-refractivity contribution in [1.82, 2.24) is 10.2 Å². The highest BCUT2D eigenvalue weighted by atomic mass is 32.2. The molecule has 1 N–H and O–H groups in total. The standard InChI is InChI=1S/C18H17N3O2S2/c1-12-5-3-7-14(9-12)19-17-20-21-18(25-17)24-11-16(22)13-6-4-8-15(10-13)23-2/h3-10H,11H2,1-2H3,(H,19,20). The lowest BCUT2D eigenvalue weighted by Gasteiger charge is -2.03. The zero-order chi connectivity index (χ0) is 17.6. The van der Waals surface area contributed by atoms with Crippen LogP contribution in [0.15, 0.2) is 52.9 Å². The minimum Gasteiger partial charge on any atom is -0.497 e. The molecule has 0 saturated heterocycles. The predicted octanol–water partition coefficient (Wildman–Crippen LogP) is 4.57. The number of methoxy groups -OCH3 is 1. The van der Waals surface area contributed by atoms with Gasteiger partial charge in [0, 0.05) is 11.3 Å². The summed E-state index contributed by atoms with van der Waals surface area (Å²) in [7, 11) is 1.59. The molecule has 0 aliphatic carbocycles. The fourth-order valence-corrected chi connectivity index (χ4v) is 3.84. The van der Waals surface area contributed by atoms with Gasteiger partial charge < -0.3 is 10.1 Å². The molecule has 3 rings (SSSR count). The summed E-state index contributed by atoms with van der Waals surface area (Å²) in [6, 6.07) is 15.2. The maximum Gasteiger partial charge on any atom is 0.210 e. The largest absolute Gasteiger partial charge is 0.497 e. The summed E-state index contributed by atoms with van der Waals surface area (Å²) in [6.45, 7) is 2.04. The second-order valence-electron chi connectivity index (χ2n) is 5.31. The van der Waals surface area contributed by atoms with E-state index in [4.69, 9.17) is 4.74 Å². The van der Waals surface area contributed by atoms with E-state index in [1.807, 2.05) is 43.3 Å². The minimum absolute atomic E-state index is 0.0345. The molecule has 128 valence electrons. The minimum atomic E-state index is 0.0345. The van der Waals surface area contributed by atoms with Crippen LogP contribution in [0, 0.1) is 6.92 Å². The summed E-state index contributed by atoms with van der Waals surface area (Å²) >= 11 is 2.82. The first kappa shape index (κ1) is 17.4. The highest BCUT2D eigenvalue weighted by molar-refractivity contribution is 8.01. The van der Waals surface area contributed by atoms with Crippen molar-refractivity contribution in [2.45, 2.75) is 11.3 Å². The monoisotopic (exact) mass is 371 g/mol. The van der Waals surface area contributed by atoms with Crippen molar-refractivity contribution >= 4 is 39.7 Å². The first-order valence-electron chi connectivity index (χ1n) is 7.61. The summed E-state index contributed by atoms with van der Waals surface area (Å²) in [5, 5.41) is 12.2. The molecule has 0 amide bonds. The van der Waals surface area contributed by atoms with Gasteiger partial charge in [0.05, 0.1) is 12.9 Å². The number of aromatic nitrogens is 2. The zero-order valence-corrected chi connectivity index (χ0v) is 15.5. The number of nitrogens with one attached hydrogen (secondary N) is 1. The van der Waals surface area contributed by atoms with E-state index in [-0.39, 0.29) is 5.78 Å². The number of anilines is 2. The highest BCUT2D eigenvalue weighted by Gasteiger charge is 2.11. The van der Waals surface area contributed by atoms with Crippen molar-refractivity contribution < 1.29 is 9.53 Å². The Kier molecular flexibility index (Phi) is 5.67. The molecule has 0 bridgehead atoms. The molecule has 1 aromatic heterocycles. The van der Waals surface area contributed by atoms with Gasteiger partial charge in [0.2, 0.25) is 5.13 Å². The van der Waals surface area contributed by atoms with E-state index < -0.39 is 0 Å². The Balaban J connectivity index is 1.58. The molecule has 0 spiro atoms. The molecule has 2 aromatic carbocycles. The van der Waals surface area contributed by atoms with Crippen LogP contribution < -0.4 is 10.1 Å². The molecule has 0 aliphatic rings. The molecule has 25 heavy (non-hydrogen) atoms. The molecule has 0 radical (unpaired) electrons. The van der Waals surface area contributed by atoms with Gasteiger partial charge in [-0.3, -0.25) is 4.79 Å². The Labute approximate surface area is 154 Å². The molecular formula is C18H17N3O2S2. The molecule has 0 aliphatic heterocycles. The number of hydrogen-bond acceptors (Lipinski definition) is 7. The molecule has 7 heteroatoms. The van der Waals surface area contributed by atoms with Gasteiger partial charge in [-0.2, -0.15) is 0 Å². The number of hydrogen-bond donors (Lipinski definition) is 1. The first-order chi connectivity index (χ1) is 12.1. The Hall–Kier alpha value is -2.38. The maximum absolute atomic E-state index is 12.3. The number of thioether (sulfide) groups is 1. The Bertz CT molecular complexity index is 880. The van der Waals surface area contributed by atoms with Crippen molar-refractivity contribution in [1.29, 1.82) is 0 Å². The highest BCUT2D eigenvalue weighted by Crippen LogP contribution is 2.28. The van der Waals surface area contributed by atoms with E-state index >= 15 is 0 Å². The fourth-order valence-electron chi connectivity index (χ4n) is 2.17. The third kappa shape index (κ3) is 4.80. The molecule has 0 saturated carbocycles. The Morgan fingerprint density at radius 2 is 2.04 bits per heavy atom. The SMILES string of the molecule is COc1cccc(C(=O)CSc2nnc(Nc3cccc(C)c3)s2)c1. The van der Waals surface area contributed by atoms with E-state index in [9.17, 15) is 4.79 Å². The Morgan fingerprint density at radius 1 is 1.20 bits per heavy atom. The van der Waals surface area contributed by atoms with E-state index in [1.165, 1.54) is 28.7 Å². The van der Waals surface area contributed by atoms with E-state index in [0.29, 0.717) is 22.2 Å². The zero-order valence-electron chi connectivity index (χ0n) is 13.9. The van der Waals surface area contributed by atoms with Gasteiger partial charge in [0.25, 0.3) is 0 Å². The lowest BCUT2D eigenvalue weighted by atomic mass is 10.1. The quantitative estimate of drug-likeness (QED) is 0.485. The normalized spacial score (nSPS) is 10.5. The van der Waals surface area contributed by atoms with Crippen LogP contribution in [0.4, 0.5) is 10.8 Å². The van der Waals surface area contributed by atoms with Crippen LogP contribution in [-0.4, -0.2) is 28.8 Å². The van der Waals surface area contributed by atoms with Crippen LogP contribution in [-0.2, 0) is 0 Å². The summed E-state index contributed by atoms with van der Waals surface area (Å²) in [6.07, 6.45) is 0. The lowest BCUT2D eigenvalue weighted by molar-refractivity contribution is 0.102. The molecule has 3 aromatic rings. The third-order valence-electron chi connectivity index (χ3n) is 3.39. The first-order valence-corrected chi connectivity index (χ1v) is 9.41. The van der Waals surface area contributed by atoms with Crippen LogP contribution in [0.3, 0.4) is 0 Å². The van der Waals surface area contributed by atoms with Crippen LogP contribution in [0.2, 0.25) is 0 Å². The maximum atomic E-state index is 12.3. The number of ether oxygens (including phenoxy) is 1.